The van der Waals surface area contributed by atoms with Gasteiger partial charge in [-0.3, -0.25) is 4.79 Å². The van der Waals surface area contributed by atoms with Crippen molar-refractivity contribution in [1.29, 1.82) is 0 Å². The summed E-state index contributed by atoms with van der Waals surface area (Å²) in [4.78, 5) is 19.6. The molecule has 2 unspecified atom stereocenters. The molecule has 33 heavy (non-hydrogen) atoms. The lowest BCUT2D eigenvalue weighted by Crippen LogP contribution is -2.49. The molecule has 0 spiro atoms. The van der Waals surface area contributed by atoms with E-state index in [1.54, 1.807) is 18.0 Å². The highest BCUT2D eigenvalue weighted by Crippen LogP contribution is 2.38. The topological polar surface area (TPSA) is 42.4 Å². The maximum atomic E-state index is 14.0. The van der Waals surface area contributed by atoms with Gasteiger partial charge in [-0.1, -0.05) is 18.2 Å². The van der Waals surface area contributed by atoms with E-state index in [2.05, 4.69) is 4.98 Å². The van der Waals surface area contributed by atoms with Crippen molar-refractivity contribution in [2.75, 3.05) is 0 Å². The summed E-state index contributed by atoms with van der Waals surface area (Å²) in [6.45, 7) is 0. The number of carbonyl (C=O) groups excluding carboxylic acids is 1. The van der Waals surface area contributed by atoms with Crippen LogP contribution in [-0.4, -0.2) is 34.0 Å². The molecule has 0 radical (unpaired) electrons. The van der Waals surface area contributed by atoms with E-state index >= 15 is 0 Å². The van der Waals surface area contributed by atoms with Gasteiger partial charge in [0.15, 0.2) is 11.6 Å². The van der Waals surface area contributed by atoms with Gasteiger partial charge in [0.05, 0.1) is 5.03 Å². The summed E-state index contributed by atoms with van der Waals surface area (Å²) in [6, 6.07) is 17.1. The highest BCUT2D eigenvalue weighted by atomic mass is 32.2. The average Bonchev–Trinajstić information content (AvgIpc) is 3.10. The van der Waals surface area contributed by atoms with E-state index < -0.39 is 11.6 Å². The number of piperidine rings is 1. The number of benzene rings is 2. The van der Waals surface area contributed by atoms with E-state index in [0.717, 1.165) is 35.3 Å². The highest BCUT2D eigenvalue weighted by Gasteiger charge is 2.44. The summed E-state index contributed by atoms with van der Waals surface area (Å²) in [6.07, 6.45) is 4.73. The fraction of sp³-hybridized carbons (Fsp3) is 0.308. The maximum absolute atomic E-state index is 14.0. The molecule has 0 saturated carbocycles. The van der Waals surface area contributed by atoms with Crippen LogP contribution in [0.3, 0.4) is 0 Å². The first-order valence-corrected chi connectivity index (χ1v) is 12.1. The number of ether oxygens (including phenoxy) is 1. The lowest BCUT2D eigenvalue weighted by atomic mass is 9.98. The number of fused-ring (bicyclic) bond motifs is 2. The molecule has 1 amide bonds. The molecule has 4 nitrogen and oxygen atoms in total. The van der Waals surface area contributed by atoms with E-state index in [1.165, 1.54) is 12.1 Å². The van der Waals surface area contributed by atoms with E-state index in [1.807, 2.05) is 47.4 Å². The first kappa shape index (κ1) is 21.9. The van der Waals surface area contributed by atoms with Crippen LogP contribution in [0.25, 0.3) is 0 Å². The van der Waals surface area contributed by atoms with Gasteiger partial charge < -0.3 is 9.64 Å². The zero-order chi connectivity index (χ0) is 22.8. The zero-order valence-corrected chi connectivity index (χ0v) is 18.8. The second-order valence-electron chi connectivity index (χ2n) is 8.54. The molecule has 2 aliphatic heterocycles. The summed E-state index contributed by atoms with van der Waals surface area (Å²) in [5.41, 5.74) is 1.82. The zero-order valence-electron chi connectivity index (χ0n) is 18.0. The molecule has 2 fully saturated rings. The molecule has 170 valence electrons. The van der Waals surface area contributed by atoms with Crippen molar-refractivity contribution in [1.82, 2.24) is 9.88 Å². The van der Waals surface area contributed by atoms with Crippen LogP contribution in [0.1, 0.15) is 41.6 Å². The molecule has 2 aliphatic rings. The average molecular weight is 467 g/mol. The molecule has 0 N–H and O–H groups in total. The van der Waals surface area contributed by atoms with Crippen molar-refractivity contribution >= 4 is 17.7 Å². The predicted octanol–water partition coefficient (Wildman–Crippen LogP) is 5.87. The Morgan fingerprint density at radius 2 is 1.79 bits per heavy atom. The van der Waals surface area contributed by atoms with E-state index in [9.17, 15) is 13.6 Å². The molecule has 2 saturated heterocycles. The van der Waals surface area contributed by atoms with Gasteiger partial charge >= 0.3 is 0 Å². The number of nitrogens with zero attached hydrogens (tertiary/aromatic N) is 2. The number of halogens is 2. The van der Waals surface area contributed by atoms with Crippen LogP contribution in [-0.2, 0) is 5.75 Å². The van der Waals surface area contributed by atoms with Gasteiger partial charge in [0, 0.05) is 48.5 Å². The SMILES string of the molecule is O=C(c1ccc(CSc2ccccn2)cc1)N1C2CCC1CC(Oc1ccc(F)cc1F)C2. The van der Waals surface area contributed by atoms with E-state index in [-0.39, 0.29) is 29.8 Å². The van der Waals surface area contributed by atoms with Crippen LogP contribution in [0.15, 0.2) is 71.9 Å². The van der Waals surface area contributed by atoms with Gasteiger partial charge in [0.2, 0.25) is 0 Å². The number of thioether (sulfide) groups is 1. The highest BCUT2D eigenvalue weighted by molar-refractivity contribution is 7.98. The summed E-state index contributed by atoms with van der Waals surface area (Å²) >= 11 is 1.66. The number of rotatable bonds is 6. The second kappa shape index (κ2) is 9.51. The molecule has 2 bridgehead atoms. The third-order valence-electron chi connectivity index (χ3n) is 6.34. The van der Waals surface area contributed by atoms with Crippen molar-refractivity contribution in [3.63, 3.8) is 0 Å². The molecule has 7 heteroatoms. The number of aromatic nitrogens is 1. The molecule has 2 aromatic carbocycles. The Bertz CT molecular complexity index is 1110. The largest absolute Gasteiger partial charge is 0.487 e. The second-order valence-corrected chi connectivity index (χ2v) is 9.53. The summed E-state index contributed by atoms with van der Waals surface area (Å²) in [5, 5.41) is 0.972. The minimum absolute atomic E-state index is 0.0397. The lowest BCUT2D eigenvalue weighted by Gasteiger charge is -2.39. The van der Waals surface area contributed by atoms with Crippen molar-refractivity contribution in [2.45, 2.75) is 54.6 Å². The number of hydrogen-bond donors (Lipinski definition) is 0. The fourth-order valence-corrected chi connectivity index (χ4v) is 5.60. The van der Waals surface area contributed by atoms with E-state index in [0.29, 0.717) is 18.4 Å². The van der Waals surface area contributed by atoms with Gasteiger partial charge in [0.1, 0.15) is 11.9 Å². The van der Waals surface area contributed by atoms with Crippen molar-refractivity contribution < 1.29 is 18.3 Å². The Morgan fingerprint density at radius 1 is 1.03 bits per heavy atom. The van der Waals surface area contributed by atoms with Crippen LogP contribution in [0.4, 0.5) is 8.78 Å². The van der Waals surface area contributed by atoms with Crippen LogP contribution in [0.2, 0.25) is 0 Å². The van der Waals surface area contributed by atoms with E-state index in [4.69, 9.17) is 4.74 Å². The minimum atomic E-state index is -0.692. The molecular formula is C26H24F2N2O2S. The molecule has 3 heterocycles. The summed E-state index contributed by atoms with van der Waals surface area (Å²) < 4.78 is 33.0. The third-order valence-corrected chi connectivity index (χ3v) is 7.35. The Labute approximate surface area is 196 Å². The number of carbonyl (C=O) groups is 1. The fourth-order valence-electron chi connectivity index (χ4n) is 4.79. The molecule has 5 rings (SSSR count). The molecular weight excluding hydrogens is 442 g/mol. The maximum Gasteiger partial charge on any atom is 0.254 e. The van der Waals surface area contributed by atoms with Gasteiger partial charge in [-0.25, -0.2) is 13.8 Å². The molecule has 3 aromatic rings. The van der Waals surface area contributed by atoms with Gasteiger partial charge in [-0.15, -0.1) is 11.8 Å². The third kappa shape index (κ3) is 4.88. The number of amides is 1. The van der Waals surface area contributed by atoms with Crippen LogP contribution < -0.4 is 4.74 Å². The minimum Gasteiger partial charge on any atom is -0.487 e. The summed E-state index contributed by atoms with van der Waals surface area (Å²) in [5.74, 6) is -0.416. The Hall–Kier alpha value is -2.93. The van der Waals surface area contributed by atoms with Crippen molar-refractivity contribution in [2.24, 2.45) is 0 Å². The molecule has 2 atom stereocenters. The quantitative estimate of drug-likeness (QED) is 0.427. The van der Waals surface area contributed by atoms with Crippen molar-refractivity contribution in [3.8, 4) is 5.75 Å². The molecule has 1 aromatic heterocycles. The number of hydrogen-bond acceptors (Lipinski definition) is 4. The normalized spacial score (nSPS) is 21.8. The van der Waals surface area contributed by atoms with Crippen LogP contribution in [0.5, 0.6) is 5.75 Å². The Balaban J connectivity index is 1.21. The smallest absolute Gasteiger partial charge is 0.254 e. The lowest BCUT2D eigenvalue weighted by molar-refractivity contribution is 0.0349. The Kier molecular flexibility index (Phi) is 6.31. The number of pyridine rings is 1. The van der Waals surface area contributed by atoms with Crippen LogP contribution >= 0.6 is 11.8 Å². The van der Waals surface area contributed by atoms with Gasteiger partial charge in [-0.05, 0) is 54.8 Å². The monoisotopic (exact) mass is 466 g/mol. The first-order chi connectivity index (χ1) is 16.1. The first-order valence-electron chi connectivity index (χ1n) is 11.1. The standard InChI is InChI=1S/C26H24F2N2O2S/c27-19-8-11-24(23(28)13-19)32-22-14-20-9-10-21(15-22)30(20)26(31)18-6-4-17(5-7-18)16-33-25-3-1-2-12-29-25/h1-8,11-13,20-22H,9-10,14-16H2. The van der Waals surface area contributed by atoms with Gasteiger partial charge in [0.25, 0.3) is 5.91 Å². The summed E-state index contributed by atoms with van der Waals surface area (Å²) in [7, 11) is 0. The predicted molar refractivity (Wildman–Crippen MR) is 123 cm³/mol. The van der Waals surface area contributed by atoms with Gasteiger partial charge in [-0.2, -0.15) is 0 Å². The van der Waals surface area contributed by atoms with Crippen LogP contribution in [0, 0.1) is 11.6 Å². The Morgan fingerprint density at radius 3 is 2.45 bits per heavy atom. The van der Waals surface area contributed by atoms with Crippen molar-refractivity contribution in [3.05, 3.63) is 89.6 Å². The molecule has 0 aliphatic carbocycles.